The van der Waals surface area contributed by atoms with E-state index < -0.39 is 14.9 Å². The lowest BCUT2D eigenvalue weighted by molar-refractivity contribution is 0.412. The molecule has 0 aliphatic carbocycles. The summed E-state index contributed by atoms with van der Waals surface area (Å²) in [5, 5.41) is 0. The Morgan fingerprint density at radius 2 is 1.62 bits per heavy atom. The Morgan fingerprint density at radius 1 is 1.12 bits per heavy atom. The van der Waals surface area contributed by atoms with Crippen LogP contribution in [0.2, 0.25) is 0 Å². The molecule has 0 aliphatic rings. The van der Waals surface area contributed by atoms with Crippen molar-refractivity contribution < 1.29 is 13.0 Å². The molecule has 98 valence electrons. The van der Waals surface area contributed by atoms with Gasteiger partial charge in [-0.3, -0.25) is 4.55 Å². The fourth-order valence-electron chi connectivity index (χ4n) is 1.62. The van der Waals surface area contributed by atoms with E-state index in [-0.39, 0.29) is 6.54 Å². The molecule has 0 saturated carbocycles. The smallest absolute Gasteiger partial charge is 0.271 e. The van der Waals surface area contributed by atoms with Gasteiger partial charge in [-0.1, -0.05) is 45.4 Å². The highest BCUT2D eigenvalue weighted by molar-refractivity contribution is 7.87. The summed E-state index contributed by atoms with van der Waals surface area (Å²) in [7, 11) is -4.04. The molecule has 0 spiro atoms. The van der Waals surface area contributed by atoms with Gasteiger partial charge in [0.15, 0.2) is 0 Å². The highest BCUT2D eigenvalue weighted by Crippen LogP contribution is 2.22. The third-order valence-corrected chi connectivity index (χ3v) is 4.73. The van der Waals surface area contributed by atoms with E-state index in [1.165, 1.54) is 26.2 Å². The van der Waals surface area contributed by atoms with E-state index in [2.05, 4.69) is 6.92 Å². The highest BCUT2D eigenvalue weighted by atomic mass is 32.2. The van der Waals surface area contributed by atoms with E-state index in [0.29, 0.717) is 6.42 Å². The molecule has 3 N–H and O–H groups in total. The van der Waals surface area contributed by atoms with Gasteiger partial charge in [0.2, 0.25) is 0 Å². The predicted octanol–water partition coefficient (Wildman–Crippen LogP) is 2.34. The maximum atomic E-state index is 11.1. The van der Waals surface area contributed by atoms with Crippen LogP contribution in [0.15, 0.2) is 0 Å². The summed E-state index contributed by atoms with van der Waals surface area (Å²) >= 11 is 0. The standard InChI is InChI=1S/C11H25NO3S/c1-3-4-5-6-7-8-9-11(2,10-12)16(13,14)15/h3-10,12H2,1-2H3,(H,13,14,15). The molecule has 5 heteroatoms. The Hall–Kier alpha value is -0.130. The van der Waals surface area contributed by atoms with Crippen LogP contribution in [0.25, 0.3) is 0 Å². The van der Waals surface area contributed by atoms with Crippen LogP contribution in [0.4, 0.5) is 0 Å². The minimum absolute atomic E-state index is 0.0270. The van der Waals surface area contributed by atoms with Crippen LogP contribution >= 0.6 is 0 Å². The Balaban J connectivity index is 3.89. The summed E-state index contributed by atoms with van der Waals surface area (Å²) < 4.78 is 30.2. The van der Waals surface area contributed by atoms with Crippen molar-refractivity contribution in [2.75, 3.05) is 6.54 Å². The van der Waals surface area contributed by atoms with Crippen molar-refractivity contribution in [3.05, 3.63) is 0 Å². The summed E-state index contributed by atoms with van der Waals surface area (Å²) in [5.74, 6) is 0. The summed E-state index contributed by atoms with van der Waals surface area (Å²) in [6.07, 6.45) is 7.00. The first kappa shape index (κ1) is 15.9. The van der Waals surface area contributed by atoms with Gasteiger partial charge in [0, 0.05) is 6.54 Å². The number of hydrogen-bond donors (Lipinski definition) is 2. The van der Waals surface area contributed by atoms with Crippen LogP contribution in [0.3, 0.4) is 0 Å². The summed E-state index contributed by atoms with van der Waals surface area (Å²) in [6.45, 7) is 3.64. The van der Waals surface area contributed by atoms with Crippen LogP contribution in [0, 0.1) is 0 Å². The van der Waals surface area contributed by atoms with Crippen molar-refractivity contribution in [3.63, 3.8) is 0 Å². The molecule has 4 nitrogen and oxygen atoms in total. The molecule has 0 aromatic carbocycles. The van der Waals surface area contributed by atoms with Crippen molar-refractivity contribution in [2.24, 2.45) is 5.73 Å². The van der Waals surface area contributed by atoms with E-state index in [1.54, 1.807) is 0 Å². The SMILES string of the molecule is CCCCCCCCC(C)(CN)S(=O)(=O)O. The van der Waals surface area contributed by atoms with Gasteiger partial charge in [-0.2, -0.15) is 8.42 Å². The molecular weight excluding hydrogens is 226 g/mol. The zero-order valence-corrected chi connectivity index (χ0v) is 11.2. The van der Waals surface area contributed by atoms with Gasteiger partial charge < -0.3 is 5.73 Å². The van der Waals surface area contributed by atoms with Crippen LogP contribution in [0.5, 0.6) is 0 Å². The second kappa shape index (κ2) is 7.25. The largest absolute Gasteiger partial charge is 0.329 e. The summed E-state index contributed by atoms with van der Waals surface area (Å²) in [6, 6.07) is 0. The first-order valence-corrected chi connectivity index (χ1v) is 7.48. The van der Waals surface area contributed by atoms with Gasteiger partial charge in [-0.25, -0.2) is 0 Å². The third-order valence-electron chi connectivity index (χ3n) is 3.11. The summed E-state index contributed by atoms with van der Waals surface area (Å²) in [4.78, 5) is 0. The maximum Gasteiger partial charge on any atom is 0.271 e. The van der Waals surface area contributed by atoms with Gasteiger partial charge >= 0.3 is 0 Å². The van der Waals surface area contributed by atoms with Crippen molar-refractivity contribution in [3.8, 4) is 0 Å². The van der Waals surface area contributed by atoms with Gasteiger partial charge in [-0.15, -0.1) is 0 Å². The number of rotatable bonds is 9. The van der Waals surface area contributed by atoms with Gasteiger partial charge in [-0.05, 0) is 13.3 Å². The fraction of sp³-hybridized carbons (Fsp3) is 1.00. The Morgan fingerprint density at radius 3 is 2.06 bits per heavy atom. The quantitative estimate of drug-likeness (QED) is 0.487. The van der Waals surface area contributed by atoms with Crippen LogP contribution in [-0.4, -0.2) is 24.3 Å². The number of unbranched alkanes of at least 4 members (excludes halogenated alkanes) is 5. The van der Waals surface area contributed by atoms with Gasteiger partial charge in [0.05, 0.1) is 0 Å². The molecule has 0 radical (unpaired) electrons. The average Bonchev–Trinajstić information content (AvgIpc) is 2.21. The van der Waals surface area contributed by atoms with Gasteiger partial charge in [0.25, 0.3) is 10.1 Å². The molecule has 0 bridgehead atoms. The Labute approximate surface area is 99.4 Å². The van der Waals surface area contributed by atoms with Gasteiger partial charge in [0.1, 0.15) is 4.75 Å². The van der Waals surface area contributed by atoms with Crippen molar-refractivity contribution in [2.45, 2.75) is 63.5 Å². The number of nitrogens with two attached hydrogens (primary N) is 1. The first-order chi connectivity index (χ1) is 7.37. The average molecular weight is 251 g/mol. The third kappa shape index (κ3) is 5.27. The lowest BCUT2D eigenvalue weighted by Crippen LogP contribution is -2.42. The second-order valence-electron chi connectivity index (χ2n) is 4.65. The van der Waals surface area contributed by atoms with Crippen LogP contribution in [0.1, 0.15) is 58.8 Å². The molecule has 0 aromatic rings. The Bertz CT molecular complexity index is 277. The summed E-state index contributed by atoms with van der Waals surface area (Å²) in [5.41, 5.74) is 5.42. The zero-order chi connectivity index (χ0) is 12.7. The fourth-order valence-corrected chi connectivity index (χ4v) is 2.23. The topological polar surface area (TPSA) is 80.4 Å². The molecule has 0 aromatic heterocycles. The first-order valence-electron chi connectivity index (χ1n) is 6.04. The molecule has 0 rings (SSSR count). The lowest BCUT2D eigenvalue weighted by Gasteiger charge is -2.24. The zero-order valence-electron chi connectivity index (χ0n) is 10.4. The minimum Gasteiger partial charge on any atom is -0.329 e. The van der Waals surface area contributed by atoms with E-state index in [4.69, 9.17) is 10.3 Å². The molecule has 1 unspecified atom stereocenters. The molecule has 0 saturated heterocycles. The minimum atomic E-state index is -4.04. The molecule has 1 atom stereocenters. The van der Waals surface area contributed by atoms with E-state index >= 15 is 0 Å². The molecule has 0 fully saturated rings. The second-order valence-corrected chi connectivity index (χ2v) is 6.58. The van der Waals surface area contributed by atoms with Crippen molar-refractivity contribution in [1.82, 2.24) is 0 Å². The molecule has 0 amide bonds. The monoisotopic (exact) mass is 251 g/mol. The van der Waals surface area contributed by atoms with E-state index in [0.717, 1.165) is 19.3 Å². The van der Waals surface area contributed by atoms with E-state index in [1.807, 2.05) is 0 Å². The maximum absolute atomic E-state index is 11.1. The Kier molecular flexibility index (Phi) is 7.19. The lowest BCUT2D eigenvalue weighted by atomic mass is 10.0. The normalized spacial score (nSPS) is 16.0. The molecular formula is C11H25NO3S. The predicted molar refractivity (Wildman–Crippen MR) is 67.0 cm³/mol. The molecule has 0 aliphatic heterocycles. The number of hydrogen-bond acceptors (Lipinski definition) is 3. The van der Waals surface area contributed by atoms with Crippen LogP contribution < -0.4 is 5.73 Å². The highest BCUT2D eigenvalue weighted by Gasteiger charge is 2.35. The van der Waals surface area contributed by atoms with Crippen molar-refractivity contribution in [1.29, 1.82) is 0 Å². The van der Waals surface area contributed by atoms with Crippen molar-refractivity contribution >= 4 is 10.1 Å². The van der Waals surface area contributed by atoms with E-state index in [9.17, 15) is 8.42 Å². The molecule has 0 heterocycles. The van der Waals surface area contributed by atoms with Crippen LogP contribution in [-0.2, 0) is 10.1 Å². The molecule has 16 heavy (non-hydrogen) atoms.